The molecule has 11 aromatic carbocycles. The van der Waals surface area contributed by atoms with Gasteiger partial charge in [-0.2, -0.15) is 15.3 Å². The molecule has 0 aliphatic heterocycles. The summed E-state index contributed by atoms with van der Waals surface area (Å²) in [5.74, 6) is 6.29. The second kappa shape index (κ2) is 35.6. The van der Waals surface area contributed by atoms with Crippen LogP contribution >= 0.6 is 0 Å². The smallest absolute Gasteiger partial charge is 0.186 e. The minimum atomic E-state index is -0.00210. The van der Waals surface area contributed by atoms with Crippen molar-refractivity contribution in [2.75, 3.05) is 42.6 Å². The highest BCUT2D eigenvalue weighted by Gasteiger charge is 2.22. The molecule has 19 aromatic rings. The quantitative estimate of drug-likeness (QED) is 0.0310. The predicted octanol–water partition coefficient (Wildman–Crippen LogP) is 21.2. The minimum Gasteiger partial charge on any atom is -0.495 e. The number of para-hydroxylation sites is 1. The van der Waals surface area contributed by atoms with Crippen molar-refractivity contribution in [1.82, 2.24) is 75.4 Å². The second-order valence-electron chi connectivity index (χ2n) is 26.9. The number of H-pyrrole nitrogens is 4. The Balaban J connectivity index is 0.000000119. The number of nitrogens with zero attached hydrogens (tertiary/aromatic N) is 11. The molecule has 25 nitrogen and oxygen atoms in total. The van der Waals surface area contributed by atoms with Gasteiger partial charge < -0.3 is 45.2 Å². The fraction of sp³-hybridized carbons (Fsp3) is 0.0532. The summed E-state index contributed by atoms with van der Waals surface area (Å²) >= 11 is 0. The lowest BCUT2D eigenvalue weighted by atomic mass is 10.0. The van der Waals surface area contributed by atoms with E-state index in [1.165, 1.54) is 25.3 Å². The van der Waals surface area contributed by atoms with Gasteiger partial charge in [-0.3, -0.25) is 24.9 Å². The van der Waals surface area contributed by atoms with Gasteiger partial charge in [0.1, 0.15) is 83.0 Å². The summed E-state index contributed by atoms with van der Waals surface area (Å²) in [6.45, 7) is 3.09. The zero-order chi connectivity index (χ0) is 81.4. The van der Waals surface area contributed by atoms with Gasteiger partial charge in [-0.15, -0.1) is 0 Å². The number of ether oxygens (including phenoxy) is 4. The molecule has 0 aliphatic rings. The van der Waals surface area contributed by atoms with Crippen molar-refractivity contribution in [1.29, 1.82) is 0 Å². The van der Waals surface area contributed by atoms with E-state index in [4.69, 9.17) is 18.9 Å². The van der Waals surface area contributed by atoms with E-state index in [9.17, 15) is 9.59 Å². The molecule has 0 bridgehead atoms. The average molecular weight is 1570 g/mol. The fourth-order valence-corrected chi connectivity index (χ4v) is 13.4. The predicted molar refractivity (Wildman–Crippen MR) is 467 cm³/mol. The summed E-state index contributed by atoms with van der Waals surface area (Å²) in [6, 6.07) is 92.7. The maximum Gasteiger partial charge on any atom is 0.186 e. The number of carbonyl (C=O) groups is 2. The van der Waals surface area contributed by atoms with Crippen molar-refractivity contribution in [3.05, 3.63) is 328 Å². The number of anilines is 8. The molecule has 25 heteroatoms. The van der Waals surface area contributed by atoms with Crippen LogP contribution in [0.3, 0.4) is 0 Å². The first-order chi connectivity index (χ1) is 58.5. The first-order valence-corrected chi connectivity index (χ1v) is 37.7. The standard InChI is InChI=1S/C26H21N5O2.C25H19N5O2.C24H19N5O.C19H16N4O/c1-16(32)18-9-6-10-20(13-18)24-23-25(27-15-28-26(23)31-30-24)29-21-14-19(11-12-22(21)33-2)17-7-4-3-5-8-17;1-16(31)17-6-5-7-18(14-17)23-22-24(26-15-27-25(22)30-29-23)28-19-10-12-21(13-11-19)32-20-8-3-2-4-9-20;1-30-20-13-12-18(16-8-4-2-5-9-16)14-19(20)27-23-21-22(17-10-6-3-7-11-17)28-29-24(21)26-15-25-23;1-24-17-8-7-14(13-5-3-2-4-6-13)11-16(17)23-19-15-9-10-20-18(15)21-12-22-19/h3-15H,1-2H3,(H2,27,28,29,30,31);2-15H,1H3,(H2,26,27,28,29,30);2-15H,1H3,(H2,25,26,27,28,29);2-12H,1H3,(H2,20,21,22,23). The third kappa shape index (κ3) is 17.5. The van der Waals surface area contributed by atoms with Crippen LogP contribution in [0.5, 0.6) is 28.7 Å². The number of ketones is 2. The van der Waals surface area contributed by atoms with Gasteiger partial charge in [-0.1, -0.05) is 194 Å². The van der Waals surface area contributed by atoms with Gasteiger partial charge in [0, 0.05) is 39.7 Å². The zero-order valence-electron chi connectivity index (χ0n) is 64.9. The monoisotopic (exact) mass is 1570 g/mol. The summed E-state index contributed by atoms with van der Waals surface area (Å²) in [4.78, 5) is 61.7. The molecule has 8 heterocycles. The minimum absolute atomic E-state index is 0.00210. The number of fused-ring (bicyclic) bond motifs is 4. The largest absolute Gasteiger partial charge is 0.495 e. The number of aromatic amines is 4. The molecule has 0 saturated carbocycles. The maximum absolute atomic E-state index is 11.9. The van der Waals surface area contributed by atoms with Gasteiger partial charge in [0.05, 0.1) is 77.0 Å². The molecule has 0 saturated heterocycles. The number of aromatic nitrogens is 15. The Kier molecular flexibility index (Phi) is 22.9. The van der Waals surface area contributed by atoms with Crippen LogP contribution in [0.1, 0.15) is 34.6 Å². The van der Waals surface area contributed by atoms with Crippen molar-refractivity contribution in [2.24, 2.45) is 0 Å². The van der Waals surface area contributed by atoms with Crippen LogP contribution in [0.2, 0.25) is 0 Å². The lowest BCUT2D eigenvalue weighted by Gasteiger charge is -2.13. The molecule has 0 aliphatic carbocycles. The second-order valence-corrected chi connectivity index (χ2v) is 26.9. The number of Topliss-reactive ketones (excluding diaryl/α,β-unsaturated/α-hetero) is 2. The Labute approximate surface area is 682 Å². The highest BCUT2D eigenvalue weighted by molar-refractivity contribution is 6.04. The molecule has 19 rings (SSSR count). The van der Waals surface area contributed by atoms with E-state index in [1.54, 1.807) is 47.3 Å². The average Bonchev–Trinajstić information content (AvgIpc) is 1.68. The molecule has 0 atom stereocenters. The number of carbonyl (C=O) groups excluding carboxylic acids is 2. The Morgan fingerprint density at radius 3 is 1.08 bits per heavy atom. The van der Waals surface area contributed by atoms with Crippen molar-refractivity contribution < 1.29 is 28.5 Å². The van der Waals surface area contributed by atoms with Crippen LogP contribution in [0.15, 0.2) is 317 Å². The van der Waals surface area contributed by atoms with Crippen LogP contribution in [-0.4, -0.2) is 108 Å². The summed E-state index contributed by atoms with van der Waals surface area (Å²) in [5, 5.41) is 39.0. The summed E-state index contributed by atoms with van der Waals surface area (Å²) < 4.78 is 22.5. The van der Waals surface area contributed by atoms with Gasteiger partial charge >= 0.3 is 0 Å². The van der Waals surface area contributed by atoms with Gasteiger partial charge in [0.15, 0.2) is 28.5 Å². The molecule has 0 amide bonds. The lowest BCUT2D eigenvalue weighted by molar-refractivity contribution is 0.100. The van der Waals surface area contributed by atoms with Gasteiger partial charge in [-0.05, 0) is 138 Å². The Morgan fingerprint density at radius 1 is 0.311 bits per heavy atom. The molecular weight excluding hydrogens is 1490 g/mol. The number of nitrogens with one attached hydrogen (secondary N) is 8. The maximum atomic E-state index is 11.9. The van der Waals surface area contributed by atoms with Crippen molar-refractivity contribution in [3.63, 3.8) is 0 Å². The van der Waals surface area contributed by atoms with Crippen LogP contribution in [0.25, 0.3) is 111 Å². The number of rotatable bonds is 21. The highest BCUT2D eigenvalue weighted by Crippen LogP contribution is 2.41. The molecule has 119 heavy (non-hydrogen) atoms. The zero-order valence-corrected chi connectivity index (χ0v) is 64.9. The van der Waals surface area contributed by atoms with Crippen LogP contribution < -0.4 is 40.2 Å². The van der Waals surface area contributed by atoms with Crippen molar-refractivity contribution >= 4 is 102 Å². The Hall–Kier alpha value is -16.6. The van der Waals surface area contributed by atoms with E-state index in [1.807, 2.05) is 231 Å². The van der Waals surface area contributed by atoms with E-state index < -0.39 is 0 Å². The Morgan fingerprint density at radius 2 is 0.664 bits per heavy atom. The SMILES string of the molecule is CC(=O)c1cccc(-c2[nH]nc3ncnc(Nc4ccc(Oc5ccccc5)cc4)c23)c1.COc1ccc(-c2ccccc2)cc1Nc1ncnc2[nH]ccc12.COc1ccc(-c2ccccc2)cc1Nc1ncnc2n[nH]c(-c3cccc(C(C)=O)c3)c12.COc1ccc(-c2ccccc2)cc1Nc1ncnc2n[nH]c(-c3ccccc3)c12. The van der Waals surface area contributed by atoms with Gasteiger partial charge in [-0.25, -0.2) is 39.9 Å². The third-order valence-corrected chi connectivity index (χ3v) is 19.4. The first-order valence-electron chi connectivity index (χ1n) is 37.7. The van der Waals surface area contributed by atoms with E-state index >= 15 is 0 Å². The molecular formula is C94H75N19O6. The number of hydrogen-bond donors (Lipinski definition) is 8. The van der Waals surface area contributed by atoms with Gasteiger partial charge in [0.2, 0.25) is 0 Å². The first kappa shape index (κ1) is 76.4. The molecule has 8 aromatic heterocycles. The van der Waals surface area contributed by atoms with E-state index in [2.05, 4.69) is 145 Å². The summed E-state index contributed by atoms with van der Waals surface area (Å²) in [5.41, 5.74) is 18.6. The lowest BCUT2D eigenvalue weighted by Crippen LogP contribution is -1.99. The summed E-state index contributed by atoms with van der Waals surface area (Å²) in [6.07, 6.45) is 7.83. The van der Waals surface area contributed by atoms with E-state index in [0.29, 0.717) is 51.3 Å². The van der Waals surface area contributed by atoms with Crippen molar-refractivity contribution in [3.8, 4) is 95.9 Å². The molecule has 0 unspecified atom stereocenters. The fourth-order valence-electron chi connectivity index (χ4n) is 13.4. The van der Waals surface area contributed by atoms with Crippen molar-refractivity contribution in [2.45, 2.75) is 13.8 Å². The number of hydrogen-bond acceptors (Lipinski definition) is 21. The highest BCUT2D eigenvalue weighted by atomic mass is 16.5. The molecule has 8 N–H and O–H groups in total. The van der Waals surface area contributed by atoms with Crippen LogP contribution in [0, 0.1) is 0 Å². The third-order valence-electron chi connectivity index (χ3n) is 19.4. The molecule has 582 valence electrons. The molecule has 0 radical (unpaired) electrons. The van der Waals surface area contributed by atoms with E-state index in [0.717, 1.165) is 146 Å². The number of benzene rings is 11. The number of methoxy groups -OCH3 is 3. The molecule has 0 spiro atoms. The van der Waals surface area contributed by atoms with Gasteiger partial charge in [0.25, 0.3) is 0 Å². The Bertz CT molecular complexity index is 6750. The topological polar surface area (TPSA) is 324 Å². The molecule has 0 fully saturated rings. The summed E-state index contributed by atoms with van der Waals surface area (Å²) in [7, 11) is 4.95. The van der Waals surface area contributed by atoms with Crippen LogP contribution in [-0.2, 0) is 0 Å². The normalized spacial score (nSPS) is 10.8. The van der Waals surface area contributed by atoms with Crippen LogP contribution in [0.4, 0.5) is 46.0 Å². The van der Waals surface area contributed by atoms with E-state index in [-0.39, 0.29) is 11.6 Å².